The first kappa shape index (κ1) is 18.4. The highest BCUT2D eigenvalue weighted by molar-refractivity contribution is 5.77. The van der Waals surface area contributed by atoms with Gasteiger partial charge in [0.05, 0.1) is 26.5 Å². The predicted octanol–water partition coefficient (Wildman–Crippen LogP) is 1.49. The quantitative estimate of drug-likeness (QED) is 0.832. The van der Waals surface area contributed by atoms with Gasteiger partial charge in [0.2, 0.25) is 5.91 Å². The van der Waals surface area contributed by atoms with Gasteiger partial charge in [-0.1, -0.05) is 18.2 Å². The number of likely N-dealkylation sites (tertiary alicyclic amines) is 1. The van der Waals surface area contributed by atoms with Gasteiger partial charge in [0, 0.05) is 38.1 Å². The summed E-state index contributed by atoms with van der Waals surface area (Å²) in [5.74, 6) is 2.75. The molecule has 5 rings (SSSR count). The number of carbonyl (C=O) groups excluding carboxylic acids is 1. The van der Waals surface area contributed by atoms with Gasteiger partial charge in [0.1, 0.15) is 5.75 Å². The number of nitrogens with one attached hydrogen (secondary N) is 1. The Hall–Kier alpha value is -1.63. The molecule has 4 fully saturated rings. The van der Waals surface area contributed by atoms with Gasteiger partial charge >= 0.3 is 0 Å². The molecule has 28 heavy (non-hydrogen) atoms. The van der Waals surface area contributed by atoms with Crippen LogP contribution in [0.5, 0.6) is 5.75 Å². The maximum absolute atomic E-state index is 12.5. The Kier molecular flexibility index (Phi) is 5.03. The first-order valence-corrected chi connectivity index (χ1v) is 10.7. The lowest BCUT2D eigenvalue weighted by Crippen LogP contribution is -2.60. The van der Waals surface area contributed by atoms with Crippen LogP contribution in [0.15, 0.2) is 24.3 Å². The molecule has 2 unspecified atom stereocenters. The fourth-order valence-corrected chi connectivity index (χ4v) is 5.63. The van der Waals surface area contributed by atoms with Gasteiger partial charge in [-0.2, -0.15) is 0 Å². The minimum atomic E-state index is 0.154. The minimum absolute atomic E-state index is 0.154. The molecule has 6 heteroatoms. The molecule has 1 amide bonds. The van der Waals surface area contributed by atoms with Crippen molar-refractivity contribution in [3.05, 3.63) is 29.8 Å². The predicted molar refractivity (Wildman–Crippen MR) is 106 cm³/mol. The Balaban J connectivity index is 1.32. The third-order valence-corrected chi connectivity index (χ3v) is 7.17. The molecule has 1 N–H and O–H groups in total. The van der Waals surface area contributed by atoms with E-state index in [9.17, 15) is 4.79 Å². The normalized spacial score (nSPS) is 36.0. The summed E-state index contributed by atoms with van der Waals surface area (Å²) < 4.78 is 11.1. The third kappa shape index (κ3) is 3.53. The molecule has 152 valence electrons. The Labute approximate surface area is 167 Å². The van der Waals surface area contributed by atoms with Crippen molar-refractivity contribution in [3.8, 4) is 5.75 Å². The number of carbonyl (C=O) groups is 1. The SMILES string of the molecule is COc1ccccc1C[C@H]1[C@@H]2C[C@@H]2CN1C1CC(N2CCOCC2)CC(=O)N1. The highest BCUT2D eigenvalue weighted by Gasteiger charge is 2.54. The van der Waals surface area contributed by atoms with Crippen LogP contribution in [-0.4, -0.2) is 73.9 Å². The summed E-state index contributed by atoms with van der Waals surface area (Å²) >= 11 is 0. The van der Waals surface area contributed by atoms with Crippen molar-refractivity contribution in [1.29, 1.82) is 0 Å². The molecule has 0 bridgehead atoms. The molecule has 1 saturated carbocycles. The van der Waals surface area contributed by atoms with E-state index in [1.54, 1.807) is 7.11 Å². The molecule has 6 nitrogen and oxygen atoms in total. The molecule has 1 aromatic carbocycles. The van der Waals surface area contributed by atoms with Crippen LogP contribution in [0.4, 0.5) is 0 Å². The van der Waals surface area contributed by atoms with Crippen molar-refractivity contribution < 1.29 is 14.3 Å². The second kappa shape index (κ2) is 7.65. The average Bonchev–Trinajstić information content (AvgIpc) is 3.42. The standard InChI is InChI=1S/C22H31N3O3/c1-27-20-5-3-2-4-15(20)11-19-18-10-16(18)14-25(19)21-12-17(13-22(26)23-21)24-6-8-28-9-7-24/h2-5,16-19,21H,6-14H2,1H3,(H,23,26)/t16-,17?,18-,19+,21?/m1/s1. The first-order chi connectivity index (χ1) is 13.7. The van der Waals surface area contributed by atoms with Crippen LogP contribution >= 0.6 is 0 Å². The Bertz CT molecular complexity index is 721. The number of para-hydroxylation sites is 1. The van der Waals surface area contributed by atoms with Crippen LogP contribution in [0.1, 0.15) is 24.8 Å². The van der Waals surface area contributed by atoms with E-state index in [0.29, 0.717) is 18.5 Å². The topological polar surface area (TPSA) is 54.0 Å². The van der Waals surface area contributed by atoms with Gasteiger partial charge in [-0.25, -0.2) is 0 Å². The Morgan fingerprint density at radius 3 is 2.86 bits per heavy atom. The number of hydrogen-bond acceptors (Lipinski definition) is 5. The lowest BCUT2D eigenvalue weighted by molar-refractivity contribution is -0.129. The number of benzene rings is 1. The number of methoxy groups -OCH3 is 1. The molecule has 3 heterocycles. The summed E-state index contributed by atoms with van der Waals surface area (Å²) in [5.41, 5.74) is 1.28. The molecule has 4 aliphatic rings. The van der Waals surface area contributed by atoms with Crippen molar-refractivity contribution in [2.24, 2.45) is 11.8 Å². The molecule has 3 aliphatic heterocycles. The number of piperidine rings is 2. The molecule has 0 spiro atoms. The van der Waals surface area contributed by atoms with Gasteiger partial charge in [-0.3, -0.25) is 14.6 Å². The van der Waals surface area contributed by atoms with Crippen molar-refractivity contribution in [2.75, 3.05) is 40.0 Å². The first-order valence-electron chi connectivity index (χ1n) is 10.7. The van der Waals surface area contributed by atoms with Gasteiger partial charge in [-0.05, 0) is 42.7 Å². The van der Waals surface area contributed by atoms with E-state index < -0.39 is 0 Å². The number of amides is 1. The monoisotopic (exact) mass is 385 g/mol. The van der Waals surface area contributed by atoms with Gasteiger partial charge < -0.3 is 14.8 Å². The summed E-state index contributed by atoms with van der Waals surface area (Å²) in [6, 6.07) is 9.20. The second-order valence-electron chi connectivity index (χ2n) is 8.77. The van der Waals surface area contributed by atoms with Crippen LogP contribution in [0.3, 0.4) is 0 Å². The fourth-order valence-electron chi connectivity index (χ4n) is 5.63. The van der Waals surface area contributed by atoms with E-state index in [1.807, 2.05) is 6.07 Å². The molecule has 1 aromatic rings. The number of nitrogens with zero attached hydrogens (tertiary/aromatic N) is 2. The maximum Gasteiger partial charge on any atom is 0.222 e. The molecule has 0 radical (unpaired) electrons. The van der Waals surface area contributed by atoms with Gasteiger partial charge in [0.15, 0.2) is 0 Å². The third-order valence-electron chi connectivity index (χ3n) is 7.17. The van der Waals surface area contributed by atoms with Gasteiger partial charge in [0.25, 0.3) is 0 Å². The molecular weight excluding hydrogens is 354 g/mol. The average molecular weight is 386 g/mol. The van der Waals surface area contributed by atoms with Crippen molar-refractivity contribution in [3.63, 3.8) is 0 Å². The number of rotatable bonds is 5. The zero-order valence-corrected chi connectivity index (χ0v) is 16.7. The molecule has 5 atom stereocenters. The number of ether oxygens (including phenoxy) is 2. The van der Waals surface area contributed by atoms with Crippen LogP contribution in [-0.2, 0) is 16.0 Å². The molecule has 1 aliphatic carbocycles. The molecular formula is C22H31N3O3. The summed E-state index contributed by atoms with van der Waals surface area (Å²) in [5, 5.41) is 3.31. The van der Waals surface area contributed by atoms with Crippen molar-refractivity contribution >= 4 is 5.91 Å². The largest absolute Gasteiger partial charge is 0.496 e. The molecule has 0 aromatic heterocycles. The summed E-state index contributed by atoms with van der Waals surface area (Å²) in [6.07, 6.45) is 4.13. The van der Waals surface area contributed by atoms with E-state index in [0.717, 1.165) is 63.3 Å². The van der Waals surface area contributed by atoms with Crippen molar-refractivity contribution in [1.82, 2.24) is 15.1 Å². The smallest absolute Gasteiger partial charge is 0.222 e. The molecule has 3 saturated heterocycles. The highest BCUT2D eigenvalue weighted by atomic mass is 16.5. The Morgan fingerprint density at radius 1 is 1.21 bits per heavy atom. The minimum Gasteiger partial charge on any atom is -0.496 e. The van der Waals surface area contributed by atoms with E-state index in [1.165, 1.54) is 12.0 Å². The van der Waals surface area contributed by atoms with Crippen LogP contribution in [0.25, 0.3) is 0 Å². The van der Waals surface area contributed by atoms with Crippen LogP contribution < -0.4 is 10.1 Å². The van der Waals surface area contributed by atoms with E-state index in [-0.39, 0.29) is 12.1 Å². The van der Waals surface area contributed by atoms with Crippen LogP contribution in [0, 0.1) is 11.8 Å². The second-order valence-corrected chi connectivity index (χ2v) is 8.77. The number of fused-ring (bicyclic) bond motifs is 1. The highest BCUT2D eigenvalue weighted by Crippen LogP contribution is 2.51. The lowest BCUT2D eigenvalue weighted by atomic mass is 9.96. The zero-order chi connectivity index (χ0) is 19.1. The summed E-state index contributed by atoms with van der Waals surface area (Å²) in [7, 11) is 1.75. The van der Waals surface area contributed by atoms with Gasteiger partial charge in [-0.15, -0.1) is 0 Å². The van der Waals surface area contributed by atoms with Crippen molar-refractivity contribution in [2.45, 2.75) is 43.9 Å². The van der Waals surface area contributed by atoms with E-state index in [2.05, 4.69) is 33.3 Å². The van der Waals surface area contributed by atoms with E-state index in [4.69, 9.17) is 9.47 Å². The lowest BCUT2D eigenvalue weighted by Gasteiger charge is -2.44. The number of morpholine rings is 1. The Morgan fingerprint density at radius 2 is 2.04 bits per heavy atom. The summed E-state index contributed by atoms with van der Waals surface area (Å²) in [4.78, 5) is 17.6. The summed E-state index contributed by atoms with van der Waals surface area (Å²) in [6.45, 7) is 4.58. The van der Waals surface area contributed by atoms with E-state index >= 15 is 0 Å². The zero-order valence-electron chi connectivity index (χ0n) is 16.7. The van der Waals surface area contributed by atoms with Crippen LogP contribution in [0.2, 0.25) is 0 Å². The fraction of sp³-hybridized carbons (Fsp3) is 0.682. The maximum atomic E-state index is 12.5. The number of hydrogen-bond donors (Lipinski definition) is 1.